The van der Waals surface area contributed by atoms with Crippen molar-refractivity contribution in [2.24, 2.45) is 0 Å². The van der Waals surface area contributed by atoms with Crippen LogP contribution in [-0.2, 0) is 6.54 Å². The van der Waals surface area contributed by atoms with E-state index in [0.29, 0.717) is 17.9 Å². The van der Waals surface area contributed by atoms with Crippen molar-refractivity contribution in [3.63, 3.8) is 0 Å². The molecule has 0 saturated carbocycles. The van der Waals surface area contributed by atoms with Gasteiger partial charge in [-0.1, -0.05) is 0 Å². The SMILES string of the molecule is Nc1nc(N)c2c(ccc3c2ccn3Cc2ccnc(F)c2)n1. The van der Waals surface area contributed by atoms with Crippen molar-refractivity contribution in [1.29, 1.82) is 0 Å². The molecule has 1 aromatic carbocycles. The van der Waals surface area contributed by atoms with E-state index in [4.69, 9.17) is 11.5 Å². The zero-order valence-corrected chi connectivity index (χ0v) is 12.1. The van der Waals surface area contributed by atoms with Gasteiger partial charge in [0.05, 0.1) is 10.9 Å². The number of fused-ring (bicyclic) bond motifs is 3. The quantitative estimate of drug-likeness (QED) is 0.554. The van der Waals surface area contributed by atoms with E-state index in [0.717, 1.165) is 21.9 Å². The second-order valence-corrected chi connectivity index (χ2v) is 5.29. The molecule has 6 nitrogen and oxygen atoms in total. The van der Waals surface area contributed by atoms with Crippen LogP contribution in [0.2, 0.25) is 0 Å². The largest absolute Gasteiger partial charge is 0.383 e. The zero-order chi connectivity index (χ0) is 16.0. The summed E-state index contributed by atoms with van der Waals surface area (Å²) in [7, 11) is 0. The van der Waals surface area contributed by atoms with Gasteiger partial charge in [-0.05, 0) is 35.9 Å². The molecule has 0 aliphatic heterocycles. The molecular formula is C16H13FN6. The van der Waals surface area contributed by atoms with Gasteiger partial charge in [0.2, 0.25) is 11.9 Å². The van der Waals surface area contributed by atoms with Crippen molar-refractivity contribution in [2.75, 3.05) is 11.5 Å². The summed E-state index contributed by atoms with van der Waals surface area (Å²) in [4.78, 5) is 11.8. The molecule has 4 rings (SSSR count). The Morgan fingerprint density at radius 2 is 1.96 bits per heavy atom. The first-order valence-corrected chi connectivity index (χ1v) is 7.03. The molecule has 0 spiro atoms. The molecule has 3 aromatic heterocycles. The average molecular weight is 308 g/mol. The van der Waals surface area contributed by atoms with Gasteiger partial charge in [0.1, 0.15) is 5.82 Å². The molecular weight excluding hydrogens is 295 g/mol. The number of anilines is 2. The Balaban J connectivity index is 1.88. The second-order valence-electron chi connectivity index (χ2n) is 5.29. The van der Waals surface area contributed by atoms with E-state index in [-0.39, 0.29) is 5.95 Å². The van der Waals surface area contributed by atoms with Crippen LogP contribution in [0, 0.1) is 5.95 Å². The van der Waals surface area contributed by atoms with Gasteiger partial charge in [-0.25, -0.2) is 9.97 Å². The van der Waals surface area contributed by atoms with Crippen LogP contribution in [0.5, 0.6) is 0 Å². The number of nitrogens with two attached hydrogens (primary N) is 2. The first kappa shape index (κ1) is 13.4. The molecule has 0 atom stereocenters. The molecule has 0 radical (unpaired) electrons. The van der Waals surface area contributed by atoms with Crippen LogP contribution in [0.3, 0.4) is 0 Å². The molecule has 0 aliphatic carbocycles. The van der Waals surface area contributed by atoms with Gasteiger partial charge in [-0.15, -0.1) is 0 Å². The summed E-state index contributed by atoms with van der Waals surface area (Å²) in [6, 6.07) is 8.96. The smallest absolute Gasteiger partial charge is 0.222 e. The first-order valence-electron chi connectivity index (χ1n) is 7.03. The Morgan fingerprint density at radius 3 is 2.78 bits per heavy atom. The molecule has 23 heavy (non-hydrogen) atoms. The van der Waals surface area contributed by atoms with E-state index in [9.17, 15) is 4.39 Å². The van der Waals surface area contributed by atoms with Crippen LogP contribution in [-0.4, -0.2) is 19.5 Å². The molecule has 0 fully saturated rings. The number of hydrogen-bond acceptors (Lipinski definition) is 5. The van der Waals surface area contributed by atoms with Gasteiger partial charge >= 0.3 is 0 Å². The van der Waals surface area contributed by atoms with Gasteiger partial charge in [-0.2, -0.15) is 9.37 Å². The maximum Gasteiger partial charge on any atom is 0.222 e. The molecule has 0 unspecified atom stereocenters. The predicted octanol–water partition coefficient (Wildman–Crippen LogP) is 2.33. The van der Waals surface area contributed by atoms with Crippen molar-refractivity contribution in [3.8, 4) is 0 Å². The lowest BCUT2D eigenvalue weighted by atomic mass is 10.1. The summed E-state index contributed by atoms with van der Waals surface area (Å²) in [6.45, 7) is 0.532. The second kappa shape index (κ2) is 4.91. The highest BCUT2D eigenvalue weighted by Crippen LogP contribution is 2.29. The molecule has 3 heterocycles. The van der Waals surface area contributed by atoms with E-state index in [2.05, 4.69) is 15.0 Å². The summed E-state index contributed by atoms with van der Waals surface area (Å²) >= 11 is 0. The number of rotatable bonds is 2. The zero-order valence-electron chi connectivity index (χ0n) is 12.1. The highest BCUT2D eigenvalue weighted by Gasteiger charge is 2.11. The Labute approximate surface area is 130 Å². The van der Waals surface area contributed by atoms with Crippen molar-refractivity contribution in [3.05, 3.63) is 54.2 Å². The van der Waals surface area contributed by atoms with Crippen LogP contribution in [0.15, 0.2) is 42.7 Å². The highest BCUT2D eigenvalue weighted by atomic mass is 19.1. The van der Waals surface area contributed by atoms with Crippen molar-refractivity contribution in [2.45, 2.75) is 6.54 Å². The minimum absolute atomic E-state index is 0.154. The van der Waals surface area contributed by atoms with E-state index >= 15 is 0 Å². The van der Waals surface area contributed by atoms with Crippen LogP contribution < -0.4 is 11.5 Å². The number of pyridine rings is 1. The van der Waals surface area contributed by atoms with Crippen LogP contribution in [0.25, 0.3) is 21.8 Å². The lowest BCUT2D eigenvalue weighted by Gasteiger charge is -2.08. The van der Waals surface area contributed by atoms with Gasteiger partial charge in [0.25, 0.3) is 0 Å². The molecule has 4 N–H and O–H groups in total. The van der Waals surface area contributed by atoms with Crippen molar-refractivity contribution >= 4 is 33.6 Å². The van der Waals surface area contributed by atoms with Crippen molar-refractivity contribution < 1.29 is 4.39 Å². The molecule has 0 amide bonds. The summed E-state index contributed by atoms with van der Waals surface area (Å²) in [6.07, 6.45) is 3.39. The number of aromatic nitrogens is 4. The van der Waals surface area contributed by atoms with Gasteiger partial charge in [0, 0.05) is 29.8 Å². The molecule has 4 aromatic rings. The maximum atomic E-state index is 13.2. The van der Waals surface area contributed by atoms with Crippen LogP contribution >= 0.6 is 0 Å². The molecule has 7 heteroatoms. The Kier molecular flexibility index (Phi) is 2.87. The van der Waals surface area contributed by atoms with E-state index < -0.39 is 5.95 Å². The van der Waals surface area contributed by atoms with E-state index in [1.165, 1.54) is 12.3 Å². The molecule has 0 bridgehead atoms. The van der Waals surface area contributed by atoms with Gasteiger partial charge in [0.15, 0.2) is 0 Å². The minimum Gasteiger partial charge on any atom is -0.383 e. The third-order valence-corrected chi connectivity index (χ3v) is 3.80. The standard InChI is InChI=1S/C16H13FN6/c17-13-7-9(3-5-20-13)8-23-6-4-10-12(23)2-1-11-14(10)15(18)22-16(19)21-11/h1-7H,8H2,(H4,18,19,21,22). The first-order chi connectivity index (χ1) is 11.1. The van der Waals surface area contributed by atoms with Crippen LogP contribution in [0.4, 0.5) is 16.2 Å². The maximum absolute atomic E-state index is 13.2. The summed E-state index contributed by atoms with van der Waals surface area (Å²) in [5, 5.41) is 1.71. The average Bonchev–Trinajstić information content (AvgIpc) is 2.89. The lowest BCUT2D eigenvalue weighted by molar-refractivity contribution is 0.580. The monoisotopic (exact) mass is 308 g/mol. The minimum atomic E-state index is -0.488. The summed E-state index contributed by atoms with van der Waals surface area (Å²) < 4.78 is 15.3. The summed E-state index contributed by atoms with van der Waals surface area (Å²) in [5.74, 6) is 0.0179. The summed E-state index contributed by atoms with van der Waals surface area (Å²) in [5.41, 5.74) is 14.1. The Hall–Kier alpha value is -3.22. The van der Waals surface area contributed by atoms with E-state index in [1.807, 2.05) is 29.0 Å². The van der Waals surface area contributed by atoms with Crippen molar-refractivity contribution in [1.82, 2.24) is 19.5 Å². The number of halogens is 1. The number of benzene rings is 1. The highest BCUT2D eigenvalue weighted by molar-refractivity contribution is 6.10. The normalized spacial score (nSPS) is 11.3. The number of nitrogens with zero attached hydrogens (tertiary/aromatic N) is 4. The van der Waals surface area contributed by atoms with E-state index in [1.54, 1.807) is 6.07 Å². The Bertz CT molecular complexity index is 1040. The predicted molar refractivity (Wildman–Crippen MR) is 87.2 cm³/mol. The third-order valence-electron chi connectivity index (χ3n) is 3.80. The number of hydrogen-bond donors (Lipinski definition) is 2. The van der Waals surface area contributed by atoms with Gasteiger partial charge in [-0.3, -0.25) is 0 Å². The lowest BCUT2D eigenvalue weighted by Crippen LogP contribution is -2.01. The third kappa shape index (κ3) is 2.22. The fourth-order valence-electron chi connectivity index (χ4n) is 2.83. The van der Waals surface area contributed by atoms with Crippen LogP contribution in [0.1, 0.15) is 5.56 Å². The fraction of sp³-hybridized carbons (Fsp3) is 0.0625. The molecule has 0 aliphatic rings. The topological polar surface area (TPSA) is 95.6 Å². The molecule has 0 saturated heterocycles. The van der Waals surface area contributed by atoms with Gasteiger partial charge < -0.3 is 16.0 Å². The fourth-order valence-corrected chi connectivity index (χ4v) is 2.83. The number of nitrogen functional groups attached to an aromatic ring is 2. The Morgan fingerprint density at radius 1 is 1.09 bits per heavy atom. The molecule has 114 valence electrons.